The van der Waals surface area contributed by atoms with E-state index in [0.717, 1.165) is 0 Å². The van der Waals surface area contributed by atoms with Gasteiger partial charge in [0.05, 0.1) is 5.69 Å². The molecule has 24 heavy (non-hydrogen) atoms. The smallest absolute Gasteiger partial charge is 0.408 e. The lowest BCUT2D eigenvalue weighted by Gasteiger charge is -2.23. The molecule has 7 nitrogen and oxygen atoms in total. The van der Waals surface area contributed by atoms with Gasteiger partial charge in [-0.25, -0.2) is 4.79 Å². The number of phenolic OH excluding ortho intramolecular Hbond substituents is 1. The van der Waals surface area contributed by atoms with Crippen molar-refractivity contribution in [3.63, 3.8) is 0 Å². The molecule has 0 saturated heterocycles. The minimum atomic E-state index is -0.907. The molecule has 1 aliphatic rings. The van der Waals surface area contributed by atoms with Crippen LogP contribution in [0.25, 0.3) is 0 Å². The number of hydrogen-bond acceptors (Lipinski definition) is 6. The van der Waals surface area contributed by atoms with Crippen molar-refractivity contribution in [1.82, 2.24) is 5.32 Å². The van der Waals surface area contributed by atoms with E-state index in [9.17, 15) is 14.7 Å². The summed E-state index contributed by atoms with van der Waals surface area (Å²) in [5, 5.41) is 13.7. The van der Waals surface area contributed by atoms with Crippen molar-refractivity contribution in [2.24, 2.45) is 0 Å². The first kappa shape index (κ1) is 18.0. The molecule has 0 aliphatic carbocycles. The minimum absolute atomic E-state index is 0.0387. The Morgan fingerprint density at radius 3 is 2.75 bits per heavy atom. The van der Waals surface area contributed by atoms with Crippen molar-refractivity contribution in [3.05, 3.63) is 17.7 Å². The van der Waals surface area contributed by atoms with Gasteiger partial charge in [0.15, 0.2) is 0 Å². The molecule has 1 aliphatic heterocycles. The number of fused-ring (bicyclic) bond motifs is 1. The molecule has 130 valence electrons. The maximum Gasteiger partial charge on any atom is 0.408 e. The van der Waals surface area contributed by atoms with Crippen LogP contribution >= 0.6 is 12.2 Å². The molecule has 2 amide bonds. The van der Waals surface area contributed by atoms with Crippen LogP contribution in [0.5, 0.6) is 11.5 Å². The van der Waals surface area contributed by atoms with Gasteiger partial charge in [0.1, 0.15) is 29.7 Å². The topological polar surface area (TPSA) is 88.1 Å². The summed E-state index contributed by atoms with van der Waals surface area (Å²) in [4.78, 5) is 25.8. The van der Waals surface area contributed by atoms with Gasteiger partial charge in [0, 0.05) is 24.0 Å². The fraction of sp³-hybridized carbons (Fsp3) is 0.438. The molecule has 0 bridgehead atoms. The Kier molecular flexibility index (Phi) is 4.98. The van der Waals surface area contributed by atoms with Crippen molar-refractivity contribution in [2.45, 2.75) is 32.4 Å². The molecule has 0 unspecified atom stereocenters. The number of likely N-dealkylation sites (N-methyl/N-ethyl adjacent to an activating group) is 1. The molecule has 8 heteroatoms. The fourth-order valence-corrected chi connectivity index (χ4v) is 2.38. The van der Waals surface area contributed by atoms with Crippen LogP contribution in [0.15, 0.2) is 12.1 Å². The number of rotatable bonds is 2. The Bertz CT molecular complexity index is 684. The predicted molar refractivity (Wildman–Crippen MR) is 92.9 cm³/mol. The third-order valence-electron chi connectivity index (χ3n) is 3.32. The minimum Gasteiger partial charge on any atom is -0.507 e. The van der Waals surface area contributed by atoms with Gasteiger partial charge < -0.3 is 24.8 Å². The van der Waals surface area contributed by atoms with E-state index >= 15 is 0 Å². The van der Waals surface area contributed by atoms with Gasteiger partial charge in [-0.15, -0.1) is 0 Å². The highest BCUT2D eigenvalue weighted by Gasteiger charge is 2.32. The number of thiocarbonyl (C=S) groups is 1. The maximum absolute atomic E-state index is 12.6. The van der Waals surface area contributed by atoms with Crippen LogP contribution in [-0.4, -0.2) is 47.8 Å². The summed E-state index contributed by atoms with van der Waals surface area (Å²) >= 11 is 4.84. The molecule has 0 aromatic heterocycles. The summed E-state index contributed by atoms with van der Waals surface area (Å²) in [6, 6.07) is 2.05. The molecular weight excluding hydrogens is 332 g/mol. The van der Waals surface area contributed by atoms with E-state index in [-0.39, 0.29) is 18.3 Å². The first-order chi connectivity index (χ1) is 11.1. The number of anilines is 1. The number of phenols is 1. The van der Waals surface area contributed by atoms with Gasteiger partial charge >= 0.3 is 6.09 Å². The lowest BCUT2D eigenvalue weighted by Crippen LogP contribution is -2.50. The molecule has 2 N–H and O–H groups in total. The summed E-state index contributed by atoms with van der Waals surface area (Å²) in [5.74, 6) is -0.0683. The molecule has 0 spiro atoms. The van der Waals surface area contributed by atoms with E-state index in [4.69, 9.17) is 21.7 Å². The first-order valence-corrected chi connectivity index (χ1v) is 7.81. The van der Waals surface area contributed by atoms with E-state index in [0.29, 0.717) is 17.0 Å². The summed E-state index contributed by atoms with van der Waals surface area (Å²) in [6.07, 6.45) is -0.703. The van der Waals surface area contributed by atoms with Crippen LogP contribution in [0, 0.1) is 0 Å². The number of carbonyl (C=O) groups excluding carboxylic acids is 2. The molecule has 1 aromatic carbocycles. The van der Waals surface area contributed by atoms with E-state index in [1.807, 2.05) is 0 Å². The number of amides is 2. The molecule has 0 radical (unpaired) electrons. The van der Waals surface area contributed by atoms with E-state index in [1.54, 1.807) is 33.9 Å². The van der Waals surface area contributed by atoms with Crippen molar-refractivity contribution < 1.29 is 24.2 Å². The average Bonchev–Trinajstić information content (AvgIpc) is 2.57. The van der Waals surface area contributed by atoms with Crippen LogP contribution in [-0.2, 0) is 9.53 Å². The summed E-state index contributed by atoms with van der Waals surface area (Å²) < 4.78 is 10.7. The lowest BCUT2D eigenvalue weighted by molar-refractivity contribution is -0.120. The van der Waals surface area contributed by atoms with E-state index in [2.05, 4.69) is 5.32 Å². The summed E-state index contributed by atoms with van der Waals surface area (Å²) in [5.41, 5.74) is 0.195. The second-order valence-electron chi connectivity index (χ2n) is 6.40. The standard InChI is InChI=1S/C16H20N2O5S/c1-16(2,3)23-15(21)17-10-7-22-13-6-12(19)9(8-24)5-11(13)18(4)14(10)20/h5-6,8,10,19H,7H2,1-4H3,(H,17,21)/t10-/m0/s1. The third kappa shape index (κ3) is 3.94. The highest BCUT2D eigenvalue weighted by Crippen LogP contribution is 2.36. The number of alkyl carbamates (subject to hydrolysis) is 1. The summed E-state index contributed by atoms with van der Waals surface area (Å²) in [7, 11) is 1.56. The number of benzene rings is 1. The normalized spacial score (nSPS) is 17.4. The number of ether oxygens (including phenoxy) is 2. The molecule has 2 rings (SSSR count). The van der Waals surface area contributed by atoms with Gasteiger partial charge in [-0.1, -0.05) is 12.2 Å². The quantitative estimate of drug-likeness (QED) is 0.792. The summed E-state index contributed by atoms with van der Waals surface area (Å²) in [6.45, 7) is 5.12. The number of aromatic hydroxyl groups is 1. The van der Waals surface area contributed by atoms with Gasteiger partial charge in [-0.2, -0.15) is 0 Å². The average molecular weight is 352 g/mol. The van der Waals surface area contributed by atoms with Gasteiger partial charge in [-0.3, -0.25) is 4.79 Å². The molecule has 0 fully saturated rings. The number of carbonyl (C=O) groups is 2. The second kappa shape index (κ2) is 6.64. The Morgan fingerprint density at radius 1 is 1.50 bits per heavy atom. The monoisotopic (exact) mass is 352 g/mol. The van der Waals surface area contributed by atoms with Crippen molar-refractivity contribution in [3.8, 4) is 11.5 Å². The largest absolute Gasteiger partial charge is 0.507 e. The fourth-order valence-electron chi connectivity index (χ4n) is 2.20. The molecule has 1 heterocycles. The van der Waals surface area contributed by atoms with Gasteiger partial charge in [-0.05, 0) is 26.8 Å². The first-order valence-electron chi connectivity index (χ1n) is 7.34. The van der Waals surface area contributed by atoms with Gasteiger partial charge in [0.2, 0.25) is 0 Å². The zero-order chi connectivity index (χ0) is 18.1. The third-order valence-corrected chi connectivity index (χ3v) is 3.58. The van der Waals surface area contributed by atoms with Crippen LogP contribution in [0.1, 0.15) is 26.3 Å². The van der Waals surface area contributed by atoms with Crippen molar-refractivity contribution in [2.75, 3.05) is 18.6 Å². The second-order valence-corrected chi connectivity index (χ2v) is 6.64. The SMILES string of the molecule is CN1C(=O)[C@@H](NC(=O)OC(C)(C)C)COc2cc(O)c(C=S)cc21. The van der Waals surface area contributed by atoms with E-state index < -0.39 is 17.7 Å². The Morgan fingerprint density at radius 2 is 2.17 bits per heavy atom. The molecule has 1 atom stereocenters. The molecule has 1 aromatic rings. The van der Waals surface area contributed by atoms with Crippen LogP contribution in [0.4, 0.5) is 10.5 Å². The van der Waals surface area contributed by atoms with Crippen LogP contribution in [0.2, 0.25) is 0 Å². The molecule has 0 saturated carbocycles. The molecular formula is C16H20N2O5S. The lowest BCUT2D eigenvalue weighted by atomic mass is 10.1. The maximum atomic E-state index is 12.6. The Hall–Kier alpha value is -2.35. The number of nitrogens with one attached hydrogen (secondary N) is 1. The van der Waals surface area contributed by atoms with Crippen molar-refractivity contribution >= 4 is 35.3 Å². The Labute approximate surface area is 145 Å². The van der Waals surface area contributed by atoms with Crippen LogP contribution < -0.4 is 15.0 Å². The zero-order valence-corrected chi connectivity index (χ0v) is 14.8. The van der Waals surface area contributed by atoms with Crippen LogP contribution in [0.3, 0.4) is 0 Å². The highest BCUT2D eigenvalue weighted by atomic mass is 32.1. The number of nitrogens with zero attached hydrogens (tertiary/aromatic N) is 1. The Balaban J connectivity index is 2.23. The van der Waals surface area contributed by atoms with Crippen molar-refractivity contribution in [1.29, 1.82) is 0 Å². The van der Waals surface area contributed by atoms with E-state index in [1.165, 1.54) is 16.3 Å². The van der Waals surface area contributed by atoms with Gasteiger partial charge in [0.25, 0.3) is 5.91 Å². The zero-order valence-electron chi connectivity index (χ0n) is 14.0. The highest BCUT2D eigenvalue weighted by molar-refractivity contribution is 7.79. The predicted octanol–water partition coefficient (Wildman–Crippen LogP) is 1.99. The number of hydrogen-bond donors (Lipinski definition) is 2.